The number of thiazole rings is 1. The summed E-state index contributed by atoms with van der Waals surface area (Å²) in [5.41, 5.74) is 7.17. The van der Waals surface area contributed by atoms with Crippen LogP contribution in [-0.4, -0.2) is 46.6 Å². The summed E-state index contributed by atoms with van der Waals surface area (Å²) in [4.78, 5) is 25.6. The standard InChI is InChI=1S/C33H28N6O2S/c40-32(23-5-2-1-3-6-23)36-27-8-4-7-24(21-27)30-31(39-17-20-42-33(39)37-30)25-13-14-34-29(22-25)35-26-9-11-28(12-10-26)38-15-18-41-19-16-38/h1-14,17,20-22H,15-16,18-19H2,(H,34,35)(H,36,40). The fourth-order valence-electron chi connectivity index (χ4n) is 5.17. The van der Waals surface area contributed by atoms with E-state index in [0.29, 0.717) is 11.3 Å². The molecule has 1 aliphatic heterocycles. The summed E-state index contributed by atoms with van der Waals surface area (Å²) < 4.78 is 7.58. The van der Waals surface area contributed by atoms with Gasteiger partial charge in [0.05, 0.1) is 24.6 Å². The third-order valence-corrected chi connectivity index (χ3v) is 8.00. The smallest absolute Gasteiger partial charge is 0.255 e. The Morgan fingerprint density at radius 1 is 0.857 bits per heavy atom. The molecule has 3 aromatic carbocycles. The van der Waals surface area contributed by atoms with Crippen LogP contribution in [0.15, 0.2) is 109 Å². The SMILES string of the molecule is O=C(Nc1cccc(-c2nc3sccn3c2-c2ccnc(Nc3ccc(N4CCOCC4)cc3)c2)c1)c1ccccc1. The number of carbonyl (C=O) groups is 1. The van der Waals surface area contributed by atoms with E-state index in [0.717, 1.165) is 65.3 Å². The number of benzene rings is 3. The molecule has 4 heterocycles. The molecule has 8 nitrogen and oxygen atoms in total. The lowest BCUT2D eigenvalue weighted by molar-refractivity contribution is 0.102. The van der Waals surface area contributed by atoms with Gasteiger partial charge in [0.15, 0.2) is 4.96 Å². The zero-order valence-electron chi connectivity index (χ0n) is 22.7. The molecule has 1 fully saturated rings. The fraction of sp³-hybridized carbons (Fsp3) is 0.121. The van der Waals surface area contributed by atoms with Crippen LogP contribution in [0.5, 0.6) is 0 Å². The second-order valence-electron chi connectivity index (χ2n) is 9.97. The molecular weight excluding hydrogens is 544 g/mol. The number of nitrogens with zero attached hydrogens (tertiary/aromatic N) is 4. The van der Waals surface area contributed by atoms with Crippen LogP contribution in [0, 0.1) is 0 Å². The van der Waals surface area contributed by atoms with Crippen LogP contribution in [0.4, 0.5) is 22.9 Å². The van der Waals surface area contributed by atoms with Crippen LogP contribution in [0.3, 0.4) is 0 Å². The van der Waals surface area contributed by atoms with Crippen LogP contribution in [0.1, 0.15) is 10.4 Å². The number of carbonyl (C=O) groups excluding carboxylic acids is 1. The summed E-state index contributed by atoms with van der Waals surface area (Å²) in [5.74, 6) is 0.591. The van der Waals surface area contributed by atoms with E-state index >= 15 is 0 Å². The van der Waals surface area contributed by atoms with Gasteiger partial charge in [-0.3, -0.25) is 9.20 Å². The Morgan fingerprint density at radius 3 is 2.52 bits per heavy atom. The summed E-state index contributed by atoms with van der Waals surface area (Å²) >= 11 is 1.58. The van der Waals surface area contributed by atoms with Gasteiger partial charge in [-0.2, -0.15) is 0 Å². The summed E-state index contributed by atoms with van der Waals surface area (Å²) in [6, 6.07) is 29.5. The van der Waals surface area contributed by atoms with E-state index < -0.39 is 0 Å². The van der Waals surface area contributed by atoms with Gasteiger partial charge in [-0.15, -0.1) is 11.3 Å². The summed E-state index contributed by atoms with van der Waals surface area (Å²) in [5, 5.41) is 8.50. The van der Waals surface area contributed by atoms with E-state index in [1.54, 1.807) is 23.5 Å². The molecule has 0 bridgehead atoms. The van der Waals surface area contributed by atoms with E-state index in [4.69, 9.17) is 9.72 Å². The molecule has 0 saturated carbocycles. The minimum atomic E-state index is -0.151. The molecule has 0 radical (unpaired) electrons. The molecule has 208 valence electrons. The number of imidazole rings is 1. The number of aromatic nitrogens is 3. The van der Waals surface area contributed by atoms with Crippen molar-refractivity contribution >= 4 is 45.1 Å². The fourth-order valence-corrected chi connectivity index (χ4v) is 5.89. The first kappa shape index (κ1) is 25.9. The van der Waals surface area contributed by atoms with Gasteiger partial charge < -0.3 is 20.3 Å². The van der Waals surface area contributed by atoms with Crippen molar-refractivity contribution < 1.29 is 9.53 Å². The highest BCUT2D eigenvalue weighted by Crippen LogP contribution is 2.36. The maximum atomic E-state index is 12.8. The molecule has 3 aromatic heterocycles. The van der Waals surface area contributed by atoms with Crippen molar-refractivity contribution in [2.45, 2.75) is 0 Å². The van der Waals surface area contributed by atoms with Gasteiger partial charge in [0.2, 0.25) is 0 Å². The predicted octanol–water partition coefficient (Wildman–Crippen LogP) is 6.96. The Bertz CT molecular complexity index is 1840. The number of ether oxygens (including phenoxy) is 1. The molecule has 1 aliphatic rings. The van der Waals surface area contributed by atoms with Crippen molar-refractivity contribution in [3.8, 4) is 22.5 Å². The highest BCUT2D eigenvalue weighted by molar-refractivity contribution is 7.15. The minimum absolute atomic E-state index is 0.151. The van der Waals surface area contributed by atoms with E-state index in [9.17, 15) is 4.79 Å². The molecule has 0 unspecified atom stereocenters. The lowest BCUT2D eigenvalue weighted by atomic mass is 10.0. The van der Waals surface area contributed by atoms with Gasteiger partial charge in [0.1, 0.15) is 5.82 Å². The molecule has 2 N–H and O–H groups in total. The van der Waals surface area contributed by atoms with Crippen molar-refractivity contribution in [2.24, 2.45) is 0 Å². The number of anilines is 4. The lowest BCUT2D eigenvalue weighted by Gasteiger charge is -2.28. The zero-order valence-corrected chi connectivity index (χ0v) is 23.6. The molecule has 1 saturated heterocycles. The van der Waals surface area contributed by atoms with Crippen LogP contribution < -0.4 is 15.5 Å². The molecular formula is C33H28N6O2S. The molecule has 6 aromatic rings. The number of rotatable bonds is 7. The van der Waals surface area contributed by atoms with E-state index in [1.807, 2.05) is 72.4 Å². The Hall–Kier alpha value is -4.99. The zero-order chi connectivity index (χ0) is 28.3. The van der Waals surface area contributed by atoms with Gasteiger partial charge in [-0.25, -0.2) is 9.97 Å². The Kier molecular flexibility index (Phi) is 7.09. The third kappa shape index (κ3) is 5.35. The minimum Gasteiger partial charge on any atom is -0.378 e. The number of morpholine rings is 1. The second-order valence-corrected chi connectivity index (χ2v) is 10.8. The molecule has 0 aliphatic carbocycles. The van der Waals surface area contributed by atoms with Crippen LogP contribution >= 0.6 is 11.3 Å². The Labute approximate surface area is 247 Å². The number of hydrogen-bond donors (Lipinski definition) is 2. The monoisotopic (exact) mass is 572 g/mol. The highest BCUT2D eigenvalue weighted by Gasteiger charge is 2.18. The average Bonchev–Trinajstić information content (AvgIpc) is 3.65. The van der Waals surface area contributed by atoms with E-state index in [1.165, 1.54) is 5.69 Å². The first-order valence-corrected chi connectivity index (χ1v) is 14.7. The predicted molar refractivity (Wildman–Crippen MR) is 169 cm³/mol. The van der Waals surface area contributed by atoms with Gasteiger partial charge in [-0.1, -0.05) is 30.3 Å². The number of pyridine rings is 1. The number of amides is 1. The van der Waals surface area contributed by atoms with Crippen molar-refractivity contribution in [1.82, 2.24) is 14.4 Å². The van der Waals surface area contributed by atoms with Crippen LogP contribution in [-0.2, 0) is 4.74 Å². The Morgan fingerprint density at radius 2 is 1.69 bits per heavy atom. The largest absolute Gasteiger partial charge is 0.378 e. The maximum absolute atomic E-state index is 12.8. The maximum Gasteiger partial charge on any atom is 0.255 e. The topological polar surface area (TPSA) is 83.8 Å². The first-order valence-electron chi connectivity index (χ1n) is 13.8. The molecule has 1 amide bonds. The van der Waals surface area contributed by atoms with Crippen molar-refractivity contribution in [3.05, 3.63) is 114 Å². The quantitative estimate of drug-likeness (QED) is 0.215. The highest BCUT2D eigenvalue weighted by atomic mass is 32.1. The number of hydrogen-bond acceptors (Lipinski definition) is 7. The first-order chi connectivity index (χ1) is 20.7. The van der Waals surface area contributed by atoms with Gasteiger partial charge >= 0.3 is 0 Å². The van der Waals surface area contributed by atoms with E-state index in [-0.39, 0.29) is 5.91 Å². The average molecular weight is 573 g/mol. The number of nitrogens with one attached hydrogen (secondary N) is 2. The number of fused-ring (bicyclic) bond motifs is 1. The van der Waals surface area contributed by atoms with Gasteiger partial charge in [-0.05, 0) is 60.7 Å². The van der Waals surface area contributed by atoms with Crippen molar-refractivity contribution in [3.63, 3.8) is 0 Å². The van der Waals surface area contributed by atoms with Crippen LogP contribution in [0.2, 0.25) is 0 Å². The lowest BCUT2D eigenvalue weighted by Crippen LogP contribution is -2.36. The van der Waals surface area contributed by atoms with Gasteiger partial charge in [0.25, 0.3) is 5.91 Å². The normalized spacial score (nSPS) is 13.3. The second kappa shape index (κ2) is 11.5. The molecule has 42 heavy (non-hydrogen) atoms. The molecule has 0 atom stereocenters. The molecule has 0 spiro atoms. The van der Waals surface area contributed by atoms with Crippen LogP contribution in [0.25, 0.3) is 27.5 Å². The third-order valence-electron chi connectivity index (χ3n) is 7.24. The van der Waals surface area contributed by atoms with Crippen molar-refractivity contribution in [2.75, 3.05) is 41.8 Å². The summed E-state index contributed by atoms with van der Waals surface area (Å²) in [6.45, 7) is 3.33. The molecule has 7 rings (SSSR count). The Balaban J connectivity index is 1.17. The van der Waals surface area contributed by atoms with Gasteiger partial charge in [0, 0.05) is 64.6 Å². The molecule has 9 heteroatoms. The van der Waals surface area contributed by atoms with E-state index in [2.05, 4.69) is 49.2 Å². The van der Waals surface area contributed by atoms with Crippen molar-refractivity contribution in [1.29, 1.82) is 0 Å². The summed E-state index contributed by atoms with van der Waals surface area (Å²) in [7, 11) is 0. The summed E-state index contributed by atoms with van der Waals surface area (Å²) in [6.07, 6.45) is 3.84.